The van der Waals surface area contributed by atoms with Crippen molar-refractivity contribution in [3.63, 3.8) is 0 Å². The molecule has 3 aromatic rings. The van der Waals surface area contributed by atoms with E-state index in [4.69, 9.17) is 18.9 Å². The first-order chi connectivity index (χ1) is 17.1. The minimum Gasteiger partial charge on any atom is -0.497 e. The van der Waals surface area contributed by atoms with E-state index in [0.717, 1.165) is 29.7 Å². The second-order valence-corrected chi connectivity index (χ2v) is 9.85. The van der Waals surface area contributed by atoms with E-state index in [2.05, 4.69) is 20.3 Å². The summed E-state index contributed by atoms with van der Waals surface area (Å²) in [5.74, 6) is 0.0550. The number of nitrogens with one attached hydrogen (secondary N) is 1. The molecule has 6 rings (SSSR count). The molecule has 0 radical (unpaired) electrons. The molecule has 1 unspecified atom stereocenters. The summed E-state index contributed by atoms with van der Waals surface area (Å²) < 4.78 is 26.6. The second-order valence-electron chi connectivity index (χ2n) is 9.85. The third-order valence-corrected chi connectivity index (χ3v) is 6.85. The van der Waals surface area contributed by atoms with Gasteiger partial charge in [-0.05, 0) is 38.3 Å². The highest BCUT2D eigenvalue weighted by molar-refractivity contribution is 5.82. The summed E-state index contributed by atoms with van der Waals surface area (Å²) in [4.78, 5) is 13.6. The van der Waals surface area contributed by atoms with Crippen molar-refractivity contribution in [3.8, 4) is 0 Å². The van der Waals surface area contributed by atoms with Gasteiger partial charge < -0.3 is 24.3 Å². The minimum absolute atomic E-state index is 0.276. The molecule has 3 fully saturated rings. The summed E-state index contributed by atoms with van der Waals surface area (Å²) in [7, 11) is 0. The lowest BCUT2D eigenvalue weighted by Gasteiger charge is -2.24. The number of nitrogens with zero attached hydrogens (tertiary/aromatic N) is 4. The largest absolute Gasteiger partial charge is 0.497 e. The lowest BCUT2D eigenvalue weighted by Crippen LogP contribution is -2.28. The molecule has 35 heavy (non-hydrogen) atoms. The molecule has 2 saturated heterocycles. The third kappa shape index (κ3) is 4.51. The normalized spacial score (nSPS) is 28.2. The molecule has 9 nitrogen and oxygen atoms in total. The molecular formula is C26H31N5O4. The molecule has 0 spiro atoms. The standard InChI is InChI=1S/C26H31N5O4/c1-26(2)34-21-19(12-13-32-14-17-8-4-3-5-9-17)33-25(22(21)35-26)31-16-29-20-23(27-15-28-24(20)31)30-18-10-6-7-11-18/h3-5,8-9,12-13,15-16,18-19,21-22,25H,6-7,10-11,14H2,1-2H3,(H,27,28,30)/b13-12+/t19-,21+,22?,25-/m1/s1. The third-order valence-electron chi connectivity index (χ3n) is 6.85. The zero-order valence-corrected chi connectivity index (χ0v) is 20.0. The van der Waals surface area contributed by atoms with Crippen LogP contribution < -0.4 is 5.32 Å². The van der Waals surface area contributed by atoms with Gasteiger partial charge >= 0.3 is 0 Å². The van der Waals surface area contributed by atoms with Crippen LogP contribution in [0.25, 0.3) is 11.2 Å². The summed E-state index contributed by atoms with van der Waals surface area (Å²) in [6, 6.07) is 10.5. The highest BCUT2D eigenvalue weighted by atomic mass is 16.8. The molecule has 4 atom stereocenters. The first-order valence-electron chi connectivity index (χ1n) is 12.3. The monoisotopic (exact) mass is 477 g/mol. The Bertz CT molecular complexity index is 1190. The number of anilines is 1. The highest BCUT2D eigenvalue weighted by Gasteiger charge is 2.55. The molecule has 1 aliphatic carbocycles. The molecule has 0 bridgehead atoms. The molecular weight excluding hydrogens is 446 g/mol. The van der Waals surface area contributed by atoms with Crippen LogP contribution in [0.2, 0.25) is 0 Å². The Morgan fingerprint density at radius 2 is 1.89 bits per heavy atom. The first kappa shape index (κ1) is 22.5. The zero-order chi connectivity index (χ0) is 23.8. The first-order valence-corrected chi connectivity index (χ1v) is 12.3. The maximum absolute atomic E-state index is 6.43. The van der Waals surface area contributed by atoms with Gasteiger partial charge in [0, 0.05) is 6.04 Å². The van der Waals surface area contributed by atoms with E-state index in [9.17, 15) is 0 Å². The second kappa shape index (κ2) is 9.22. The van der Waals surface area contributed by atoms with Gasteiger partial charge in [-0.1, -0.05) is 43.2 Å². The number of benzene rings is 1. The highest BCUT2D eigenvalue weighted by Crippen LogP contribution is 2.44. The van der Waals surface area contributed by atoms with E-state index in [1.807, 2.05) is 54.8 Å². The molecule has 2 aliphatic heterocycles. The fourth-order valence-corrected chi connectivity index (χ4v) is 5.25. The average Bonchev–Trinajstić information content (AvgIpc) is 3.62. The van der Waals surface area contributed by atoms with Gasteiger partial charge in [-0.25, -0.2) is 15.0 Å². The number of rotatable bonds is 7. The van der Waals surface area contributed by atoms with Crippen LogP contribution in [0.5, 0.6) is 0 Å². The van der Waals surface area contributed by atoms with Crippen LogP contribution in [-0.4, -0.2) is 49.7 Å². The van der Waals surface area contributed by atoms with Crippen molar-refractivity contribution in [1.82, 2.24) is 19.5 Å². The van der Waals surface area contributed by atoms with Crippen molar-refractivity contribution in [2.45, 2.75) is 82.5 Å². The van der Waals surface area contributed by atoms with Gasteiger partial charge in [0.15, 0.2) is 29.0 Å². The summed E-state index contributed by atoms with van der Waals surface area (Å²) in [6.45, 7) is 4.34. The van der Waals surface area contributed by atoms with Gasteiger partial charge in [-0.15, -0.1) is 0 Å². The van der Waals surface area contributed by atoms with E-state index in [0.29, 0.717) is 18.3 Å². The Kier molecular flexibility index (Phi) is 5.91. The van der Waals surface area contributed by atoms with Gasteiger partial charge in [0.1, 0.15) is 31.2 Å². The van der Waals surface area contributed by atoms with Crippen LogP contribution in [0, 0.1) is 0 Å². The van der Waals surface area contributed by atoms with Crippen molar-refractivity contribution in [3.05, 3.63) is 60.9 Å². The fraction of sp³-hybridized carbons (Fsp3) is 0.500. The smallest absolute Gasteiger partial charge is 0.167 e. The topological polar surface area (TPSA) is 92.5 Å². The van der Waals surface area contributed by atoms with E-state index >= 15 is 0 Å². The summed E-state index contributed by atoms with van der Waals surface area (Å²) in [5.41, 5.74) is 2.55. The predicted molar refractivity (Wildman–Crippen MR) is 129 cm³/mol. The average molecular weight is 478 g/mol. The number of fused-ring (bicyclic) bond motifs is 2. The van der Waals surface area contributed by atoms with Crippen molar-refractivity contribution in [2.75, 3.05) is 5.32 Å². The molecule has 4 heterocycles. The van der Waals surface area contributed by atoms with Crippen molar-refractivity contribution < 1.29 is 18.9 Å². The van der Waals surface area contributed by atoms with Crippen LogP contribution in [-0.2, 0) is 25.6 Å². The van der Waals surface area contributed by atoms with Crippen LogP contribution >= 0.6 is 0 Å². The SMILES string of the molecule is CC1(C)OC2[C@@H](O1)[C@@H](/C=C/OCc1ccccc1)O[C@H]2n1cnc2c(NC3CCCC3)ncnc21. The summed E-state index contributed by atoms with van der Waals surface area (Å²) in [5, 5.41) is 3.55. The number of imidazole rings is 1. The predicted octanol–water partition coefficient (Wildman–Crippen LogP) is 4.33. The molecule has 2 aromatic heterocycles. The van der Waals surface area contributed by atoms with Crippen LogP contribution in [0.3, 0.4) is 0 Å². The van der Waals surface area contributed by atoms with Crippen LogP contribution in [0.1, 0.15) is 51.3 Å². The molecule has 9 heteroatoms. The number of hydrogen-bond acceptors (Lipinski definition) is 8. The molecule has 3 aliphatic rings. The number of hydrogen-bond donors (Lipinski definition) is 1. The van der Waals surface area contributed by atoms with Crippen molar-refractivity contribution in [1.29, 1.82) is 0 Å². The molecule has 184 valence electrons. The van der Waals surface area contributed by atoms with Gasteiger partial charge in [0.2, 0.25) is 0 Å². The lowest BCUT2D eigenvalue weighted by molar-refractivity contribution is -0.191. The molecule has 1 saturated carbocycles. The van der Waals surface area contributed by atoms with E-state index < -0.39 is 12.0 Å². The Morgan fingerprint density at radius 1 is 1.09 bits per heavy atom. The number of ether oxygens (including phenoxy) is 4. The number of aromatic nitrogens is 4. The molecule has 0 amide bonds. The molecule has 1 N–H and O–H groups in total. The Labute approximate surface area is 204 Å². The van der Waals surface area contributed by atoms with Gasteiger partial charge in [0.05, 0.1) is 12.6 Å². The summed E-state index contributed by atoms with van der Waals surface area (Å²) in [6.07, 6.45) is 10.4. The summed E-state index contributed by atoms with van der Waals surface area (Å²) >= 11 is 0. The molecule has 1 aromatic carbocycles. The Hall–Kier alpha value is -3.01. The van der Waals surface area contributed by atoms with Gasteiger partial charge in [0.25, 0.3) is 0 Å². The van der Waals surface area contributed by atoms with E-state index in [1.54, 1.807) is 18.9 Å². The quantitative estimate of drug-likeness (QED) is 0.503. The maximum atomic E-state index is 6.43. The van der Waals surface area contributed by atoms with Gasteiger partial charge in [-0.3, -0.25) is 4.57 Å². The Balaban J connectivity index is 1.22. The minimum atomic E-state index is -0.713. The zero-order valence-electron chi connectivity index (χ0n) is 20.0. The maximum Gasteiger partial charge on any atom is 0.167 e. The lowest BCUT2D eigenvalue weighted by atomic mass is 10.1. The van der Waals surface area contributed by atoms with Crippen molar-refractivity contribution >= 4 is 17.0 Å². The van der Waals surface area contributed by atoms with Crippen LogP contribution in [0.15, 0.2) is 55.3 Å². The fourth-order valence-electron chi connectivity index (χ4n) is 5.25. The van der Waals surface area contributed by atoms with Gasteiger partial charge in [-0.2, -0.15) is 0 Å². The van der Waals surface area contributed by atoms with E-state index in [-0.39, 0.29) is 18.3 Å². The van der Waals surface area contributed by atoms with E-state index in [1.165, 1.54) is 12.8 Å². The van der Waals surface area contributed by atoms with Crippen molar-refractivity contribution in [2.24, 2.45) is 0 Å². The van der Waals surface area contributed by atoms with Crippen LogP contribution in [0.4, 0.5) is 5.82 Å². The Morgan fingerprint density at radius 3 is 2.71 bits per heavy atom.